The lowest BCUT2D eigenvalue weighted by atomic mass is 9.83. The van der Waals surface area contributed by atoms with Crippen LogP contribution < -0.4 is 0 Å². The summed E-state index contributed by atoms with van der Waals surface area (Å²) in [5, 5.41) is 2.31. The summed E-state index contributed by atoms with van der Waals surface area (Å²) in [6.45, 7) is 0. The third-order valence-electron chi connectivity index (χ3n) is 9.05. The van der Waals surface area contributed by atoms with E-state index in [9.17, 15) is 0 Å². The smallest absolute Gasteiger partial charge is 0.165 e. The van der Waals surface area contributed by atoms with Gasteiger partial charge in [0.15, 0.2) is 17.5 Å². The zero-order chi connectivity index (χ0) is 29.0. The second-order valence-electron chi connectivity index (χ2n) is 11.7. The Balaban J connectivity index is 1.38. The highest BCUT2D eigenvalue weighted by atomic mass is 16.3. The van der Waals surface area contributed by atoms with Crippen molar-refractivity contribution >= 4 is 33.1 Å². The third-order valence-corrected chi connectivity index (χ3v) is 9.05. The van der Waals surface area contributed by atoms with Gasteiger partial charge < -0.3 is 8.83 Å². The molecule has 0 saturated carbocycles. The van der Waals surface area contributed by atoms with Crippen LogP contribution in [0, 0.1) is 0 Å². The lowest BCUT2D eigenvalue weighted by Gasteiger charge is -2.21. The molecule has 0 unspecified atom stereocenters. The van der Waals surface area contributed by atoms with Gasteiger partial charge in [-0.1, -0.05) is 97.1 Å². The van der Waals surface area contributed by atoms with E-state index in [0.717, 1.165) is 81.6 Å². The van der Waals surface area contributed by atoms with Crippen molar-refractivity contribution in [3.63, 3.8) is 0 Å². The van der Waals surface area contributed by atoms with E-state index in [4.69, 9.17) is 23.8 Å². The first kappa shape index (κ1) is 25.2. The quantitative estimate of drug-likeness (QED) is 0.211. The summed E-state index contributed by atoms with van der Waals surface area (Å²) in [5.74, 6) is 4.05. The predicted molar refractivity (Wildman–Crippen MR) is 174 cm³/mol. The number of nitrogens with zero attached hydrogens (tertiary/aromatic N) is 3. The van der Waals surface area contributed by atoms with Crippen LogP contribution in [0.25, 0.3) is 55.9 Å². The Hall–Kier alpha value is -5.29. The van der Waals surface area contributed by atoms with Gasteiger partial charge in [-0.25, -0.2) is 15.0 Å². The molecule has 2 aliphatic rings. The van der Waals surface area contributed by atoms with Crippen LogP contribution in [0.1, 0.15) is 53.3 Å². The van der Waals surface area contributed by atoms with Crippen molar-refractivity contribution in [3.05, 3.63) is 137 Å². The lowest BCUT2D eigenvalue weighted by molar-refractivity contribution is 0.505. The highest BCUT2D eigenvalue weighted by molar-refractivity contribution is 6.09. The van der Waals surface area contributed by atoms with Gasteiger partial charge in [0.2, 0.25) is 0 Å². The summed E-state index contributed by atoms with van der Waals surface area (Å²) in [5.41, 5.74) is 9.49. The molecule has 0 atom stereocenters. The number of allylic oxidation sites excluding steroid dienone is 1. The number of aryl methyl sites for hydroxylation is 3. The molecule has 0 aliphatic heterocycles. The maximum atomic E-state index is 6.69. The van der Waals surface area contributed by atoms with Gasteiger partial charge in [0, 0.05) is 57.0 Å². The van der Waals surface area contributed by atoms with Gasteiger partial charge >= 0.3 is 0 Å². The molecule has 44 heavy (non-hydrogen) atoms. The van der Waals surface area contributed by atoms with E-state index in [2.05, 4.69) is 54.6 Å². The lowest BCUT2D eigenvalue weighted by Crippen LogP contribution is -2.10. The molecule has 0 N–H and O–H groups in total. The molecule has 0 fully saturated rings. The fourth-order valence-corrected chi connectivity index (χ4v) is 7.02. The molecule has 7 aromatic rings. The van der Waals surface area contributed by atoms with E-state index < -0.39 is 0 Å². The molecule has 0 amide bonds. The van der Waals surface area contributed by atoms with Gasteiger partial charge in [-0.2, -0.15) is 0 Å². The molecular weight excluding hydrogens is 542 g/mol. The molecule has 9 rings (SSSR count). The first-order valence-corrected chi connectivity index (χ1v) is 15.5. The number of fused-ring (bicyclic) bond motifs is 6. The van der Waals surface area contributed by atoms with Crippen molar-refractivity contribution in [2.24, 2.45) is 0 Å². The monoisotopic (exact) mass is 571 g/mol. The summed E-state index contributed by atoms with van der Waals surface area (Å²) >= 11 is 0. The summed E-state index contributed by atoms with van der Waals surface area (Å²) in [7, 11) is 0. The van der Waals surface area contributed by atoms with E-state index in [1.54, 1.807) is 0 Å². The number of rotatable bonds is 4. The minimum Gasteiger partial charge on any atom is -0.460 e. The van der Waals surface area contributed by atoms with E-state index in [1.807, 2.05) is 48.5 Å². The van der Waals surface area contributed by atoms with E-state index >= 15 is 0 Å². The Bertz CT molecular complexity index is 2170. The summed E-state index contributed by atoms with van der Waals surface area (Å²) in [6.07, 6.45) is 6.04. The van der Waals surface area contributed by atoms with Gasteiger partial charge in [0.1, 0.15) is 22.7 Å². The van der Waals surface area contributed by atoms with Crippen LogP contribution in [0.2, 0.25) is 0 Å². The first-order chi connectivity index (χ1) is 21.8. The summed E-state index contributed by atoms with van der Waals surface area (Å²) in [4.78, 5) is 15.4. The summed E-state index contributed by atoms with van der Waals surface area (Å²) < 4.78 is 13.2. The minimum atomic E-state index is 0.646. The average Bonchev–Trinajstić information content (AvgIpc) is 3.67. The molecular formula is C39H29N3O2. The summed E-state index contributed by atoms with van der Waals surface area (Å²) in [6, 6.07) is 35.2. The van der Waals surface area contributed by atoms with Gasteiger partial charge in [-0.05, 0) is 37.3 Å². The van der Waals surface area contributed by atoms with Gasteiger partial charge in [0.25, 0.3) is 0 Å². The fourth-order valence-electron chi connectivity index (χ4n) is 7.02. The largest absolute Gasteiger partial charge is 0.460 e. The molecule has 0 saturated heterocycles. The maximum absolute atomic E-state index is 6.69. The molecule has 5 heteroatoms. The van der Waals surface area contributed by atoms with Crippen LogP contribution in [0.15, 0.2) is 112 Å². The molecule has 0 bridgehead atoms. The molecule has 3 heterocycles. The molecule has 0 spiro atoms. The number of hydrogen-bond donors (Lipinski definition) is 0. The number of aromatic nitrogens is 3. The Labute approximate surface area is 254 Å². The van der Waals surface area contributed by atoms with E-state index in [0.29, 0.717) is 17.5 Å². The van der Waals surface area contributed by atoms with Crippen LogP contribution in [0.3, 0.4) is 0 Å². The van der Waals surface area contributed by atoms with Crippen LogP contribution in [0.4, 0.5) is 0 Å². The van der Waals surface area contributed by atoms with Crippen molar-refractivity contribution in [1.29, 1.82) is 0 Å². The van der Waals surface area contributed by atoms with Crippen molar-refractivity contribution in [3.8, 4) is 22.8 Å². The molecule has 5 nitrogen and oxygen atoms in total. The normalized spacial score (nSPS) is 14.6. The number of para-hydroxylation sites is 2. The van der Waals surface area contributed by atoms with Crippen LogP contribution >= 0.6 is 0 Å². The molecule has 3 aromatic heterocycles. The number of benzene rings is 4. The second-order valence-corrected chi connectivity index (χ2v) is 11.7. The molecule has 4 aromatic carbocycles. The molecule has 212 valence electrons. The standard InChI is InChI=1S/C39H29N3O2/c1-3-12-24(13-4-1)37-40-38(25-14-5-2-6-15-25)42-39(41-37)35-27(22-23-33-34(35)30-17-8-10-21-32(30)43-33)29-19-11-18-28-26-16-7-9-20-31(26)44-36(28)29/h1-6,8,10-15,17-19,21H,7,9,16,20,22-23H2. The SMILES string of the molecule is c1ccc(-c2nc(C3=C(c4cccc5c6c(oc45)CCCC6)CCc4oc5ccccc5c43)nc(-c3ccccc3)n2)cc1. The van der Waals surface area contributed by atoms with Gasteiger partial charge in [-0.3, -0.25) is 0 Å². The average molecular weight is 572 g/mol. The Morgan fingerprint density at radius 2 is 1.16 bits per heavy atom. The van der Waals surface area contributed by atoms with E-state index in [1.165, 1.54) is 29.4 Å². The van der Waals surface area contributed by atoms with Crippen molar-refractivity contribution in [2.45, 2.75) is 38.5 Å². The minimum absolute atomic E-state index is 0.646. The highest BCUT2D eigenvalue weighted by Gasteiger charge is 2.31. The van der Waals surface area contributed by atoms with E-state index in [-0.39, 0.29) is 0 Å². The second kappa shape index (κ2) is 10.2. The molecule has 2 aliphatic carbocycles. The number of hydrogen-bond acceptors (Lipinski definition) is 5. The first-order valence-electron chi connectivity index (χ1n) is 15.5. The van der Waals surface area contributed by atoms with Gasteiger partial charge in [0.05, 0.1) is 0 Å². The third kappa shape index (κ3) is 4.04. The molecule has 0 radical (unpaired) electrons. The Morgan fingerprint density at radius 3 is 1.93 bits per heavy atom. The van der Waals surface area contributed by atoms with Crippen LogP contribution in [-0.2, 0) is 19.3 Å². The Morgan fingerprint density at radius 1 is 0.500 bits per heavy atom. The fraction of sp³-hybridized carbons (Fsp3) is 0.154. The maximum Gasteiger partial charge on any atom is 0.165 e. The zero-order valence-corrected chi connectivity index (χ0v) is 24.2. The van der Waals surface area contributed by atoms with Gasteiger partial charge in [-0.15, -0.1) is 0 Å². The zero-order valence-electron chi connectivity index (χ0n) is 24.2. The van der Waals surface area contributed by atoms with Crippen molar-refractivity contribution in [2.75, 3.05) is 0 Å². The van der Waals surface area contributed by atoms with Crippen molar-refractivity contribution < 1.29 is 8.83 Å². The van der Waals surface area contributed by atoms with Crippen LogP contribution in [0.5, 0.6) is 0 Å². The predicted octanol–water partition coefficient (Wildman–Crippen LogP) is 9.48. The number of furan rings is 2. The highest BCUT2D eigenvalue weighted by Crippen LogP contribution is 2.47. The Kier molecular flexibility index (Phi) is 5.83. The van der Waals surface area contributed by atoms with Crippen LogP contribution in [-0.4, -0.2) is 15.0 Å². The topological polar surface area (TPSA) is 65.0 Å². The van der Waals surface area contributed by atoms with Crippen molar-refractivity contribution in [1.82, 2.24) is 15.0 Å².